The molecule has 202 valence electrons. The molecule has 4 rings (SSSR count). The summed E-state index contributed by atoms with van der Waals surface area (Å²) in [6, 6.07) is 11.3. The number of benzene rings is 1. The lowest BCUT2D eigenvalue weighted by atomic mass is 9.99. The van der Waals surface area contributed by atoms with Crippen LogP contribution in [0.1, 0.15) is 58.9 Å². The first-order valence-corrected chi connectivity index (χ1v) is 13.7. The number of anilines is 1. The van der Waals surface area contributed by atoms with Crippen LogP contribution in [0.2, 0.25) is 5.15 Å². The first kappa shape index (κ1) is 28.0. The normalized spacial score (nSPS) is 15.3. The zero-order valence-corrected chi connectivity index (χ0v) is 23.4. The fourth-order valence-corrected chi connectivity index (χ4v) is 5.63. The molecule has 8 heteroatoms. The standard InChI is InChI=1S/C30H37ClFN5O/c1-20-9-13-33-18-24(20)19-37(26-7-5-25(32)6-8-26)27-11-15-36(16-12-27)22(3)10-14-34-30(38)29-21(2)17-28(31)35-23(29)4/h5-9,13,17-18,22,27H,10-12,14-16,19H2,1-4H3,(H,34,38). The zero-order valence-electron chi connectivity index (χ0n) is 22.7. The van der Waals surface area contributed by atoms with Crippen molar-refractivity contribution < 1.29 is 9.18 Å². The highest BCUT2D eigenvalue weighted by atomic mass is 35.5. The Balaban J connectivity index is 1.33. The number of piperidine rings is 1. The topological polar surface area (TPSA) is 61.4 Å². The Morgan fingerprint density at radius 3 is 2.53 bits per heavy atom. The molecule has 0 radical (unpaired) electrons. The Hall–Kier alpha value is -3.03. The van der Waals surface area contributed by atoms with Crippen molar-refractivity contribution in [2.24, 2.45) is 0 Å². The summed E-state index contributed by atoms with van der Waals surface area (Å²) < 4.78 is 13.7. The van der Waals surface area contributed by atoms with Gasteiger partial charge in [-0.3, -0.25) is 9.78 Å². The molecular formula is C30H37ClFN5O. The number of hydrogen-bond donors (Lipinski definition) is 1. The highest BCUT2D eigenvalue weighted by Gasteiger charge is 2.27. The van der Waals surface area contributed by atoms with Gasteiger partial charge >= 0.3 is 0 Å². The van der Waals surface area contributed by atoms with Gasteiger partial charge in [0.1, 0.15) is 11.0 Å². The van der Waals surface area contributed by atoms with Crippen molar-refractivity contribution in [1.29, 1.82) is 0 Å². The van der Waals surface area contributed by atoms with Crippen LogP contribution in [-0.4, -0.2) is 52.5 Å². The minimum absolute atomic E-state index is 0.101. The summed E-state index contributed by atoms with van der Waals surface area (Å²) >= 11 is 6.01. The van der Waals surface area contributed by atoms with E-state index in [2.05, 4.69) is 38.9 Å². The molecule has 1 unspecified atom stereocenters. The van der Waals surface area contributed by atoms with Gasteiger partial charge in [0.05, 0.1) is 11.3 Å². The summed E-state index contributed by atoms with van der Waals surface area (Å²) in [7, 11) is 0. The Kier molecular flexibility index (Phi) is 9.34. The molecule has 1 aromatic carbocycles. The van der Waals surface area contributed by atoms with Crippen LogP contribution < -0.4 is 10.2 Å². The second kappa shape index (κ2) is 12.7. The maximum Gasteiger partial charge on any atom is 0.253 e. The first-order valence-electron chi connectivity index (χ1n) is 13.3. The van der Waals surface area contributed by atoms with Crippen LogP contribution in [0.3, 0.4) is 0 Å². The van der Waals surface area contributed by atoms with E-state index in [9.17, 15) is 9.18 Å². The summed E-state index contributed by atoms with van der Waals surface area (Å²) in [6.07, 6.45) is 6.65. The molecule has 1 saturated heterocycles. The van der Waals surface area contributed by atoms with Gasteiger partial charge < -0.3 is 15.1 Å². The van der Waals surface area contributed by atoms with Gasteiger partial charge in [-0.2, -0.15) is 0 Å². The molecule has 0 aliphatic carbocycles. The first-order chi connectivity index (χ1) is 18.2. The molecule has 1 atom stereocenters. The molecule has 1 aliphatic rings. The predicted octanol–water partition coefficient (Wildman–Crippen LogP) is 5.87. The second-order valence-corrected chi connectivity index (χ2v) is 10.7. The molecule has 6 nitrogen and oxygen atoms in total. The zero-order chi connectivity index (χ0) is 27.2. The van der Waals surface area contributed by atoms with Crippen molar-refractivity contribution in [3.05, 3.63) is 87.7 Å². The summed E-state index contributed by atoms with van der Waals surface area (Å²) in [6.45, 7) is 11.3. The number of amides is 1. The molecule has 38 heavy (non-hydrogen) atoms. The molecule has 0 spiro atoms. The quantitative estimate of drug-likeness (QED) is 0.346. The fourth-order valence-electron chi connectivity index (χ4n) is 5.34. The molecule has 1 amide bonds. The number of pyridine rings is 2. The molecule has 2 aromatic heterocycles. The number of halogens is 2. The van der Waals surface area contributed by atoms with E-state index in [1.54, 1.807) is 6.07 Å². The van der Waals surface area contributed by atoms with Gasteiger partial charge in [-0.1, -0.05) is 11.6 Å². The summed E-state index contributed by atoms with van der Waals surface area (Å²) in [4.78, 5) is 26.2. The summed E-state index contributed by atoms with van der Waals surface area (Å²) in [5.41, 5.74) is 5.51. The molecule has 1 fully saturated rings. The van der Waals surface area contributed by atoms with E-state index < -0.39 is 0 Å². The van der Waals surface area contributed by atoms with Gasteiger partial charge in [0.15, 0.2) is 0 Å². The molecule has 3 heterocycles. The Labute approximate surface area is 230 Å². The number of aromatic nitrogens is 2. The number of carbonyl (C=O) groups is 1. The van der Waals surface area contributed by atoms with Crippen LogP contribution in [0.25, 0.3) is 0 Å². The number of aryl methyl sites for hydroxylation is 3. The number of rotatable bonds is 9. The minimum Gasteiger partial charge on any atom is -0.364 e. The molecule has 1 aliphatic heterocycles. The minimum atomic E-state index is -0.223. The van der Waals surface area contributed by atoms with Gasteiger partial charge in [0.25, 0.3) is 5.91 Å². The highest BCUT2D eigenvalue weighted by molar-refractivity contribution is 6.29. The van der Waals surface area contributed by atoms with Crippen molar-refractivity contribution in [3.63, 3.8) is 0 Å². The second-order valence-electron chi connectivity index (χ2n) is 10.3. The maximum absolute atomic E-state index is 13.7. The molecular weight excluding hydrogens is 501 g/mol. The van der Waals surface area contributed by atoms with Crippen molar-refractivity contribution in [1.82, 2.24) is 20.2 Å². The van der Waals surface area contributed by atoms with Crippen LogP contribution in [0.5, 0.6) is 0 Å². The number of hydrogen-bond acceptors (Lipinski definition) is 5. The third-order valence-electron chi connectivity index (χ3n) is 7.65. The van der Waals surface area contributed by atoms with E-state index in [-0.39, 0.29) is 11.7 Å². The average molecular weight is 538 g/mol. The molecule has 0 bridgehead atoms. The lowest BCUT2D eigenvalue weighted by molar-refractivity contribution is 0.0943. The SMILES string of the molecule is Cc1ccncc1CN(c1ccc(F)cc1)C1CCN(C(C)CCNC(=O)c2c(C)cc(Cl)nc2C)CC1. The fraction of sp³-hybridized carbons (Fsp3) is 0.433. The summed E-state index contributed by atoms with van der Waals surface area (Å²) in [5.74, 6) is -0.324. The van der Waals surface area contributed by atoms with Crippen LogP contribution in [0.15, 0.2) is 48.8 Å². The van der Waals surface area contributed by atoms with Crippen molar-refractivity contribution >= 4 is 23.2 Å². The summed E-state index contributed by atoms with van der Waals surface area (Å²) in [5, 5.41) is 3.47. The number of nitrogens with zero attached hydrogens (tertiary/aromatic N) is 4. The lowest BCUT2D eigenvalue weighted by Crippen LogP contribution is -2.48. The molecule has 0 saturated carbocycles. The Morgan fingerprint density at radius 1 is 1.16 bits per heavy atom. The van der Waals surface area contributed by atoms with Crippen LogP contribution in [-0.2, 0) is 6.54 Å². The average Bonchev–Trinajstić information content (AvgIpc) is 2.88. The predicted molar refractivity (Wildman–Crippen MR) is 151 cm³/mol. The smallest absolute Gasteiger partial charge is 0.253 e. The van der Waals surface area contributed by atoms with E-state index in [1.165, 1.54) is 23.3 Å². The van der Waals surface area contributed by atoms with E-state index in [1.807, 2.05) is 44.4 Å². The van der Waals surface area contributed by atoms with Gasteiger partial charge in [-0.25, -0.2) is 9.37 Å². The number of nitrogens with one attached hydrogen (secondary N) is 1. The van der Waals surface area contributed by atoms with E-state index >= 15 is 0 Å². The van der Waals surface area contributed by atoms with Crippen molar-refractivity contribution in [2.45, 2.75) is 65.6 Å². The largest absolute Gasteiger partial charge is 0.364 e. The van der Waals surface area contributed by atoms with Gasteiger partial charge in [0, 0.05) is 56.3 Å². The number of likely N-dealkylation sites (tertiary alicyclic amines) is 1. The third-order valence-corrected chi connectivity index (χ3v) is 7.84. The van der Waals surface area contributed by atoms with Crippen molar-refractivity contribution in [2.75, 3.05) is 24.5 Å². The van der Waals surface area contributed by atoms with E-state index in [0.717, 1.165) is 50.1 Å². The van der Waals surface area contributed by atoms with Crippen LogP contribution in [0.4, 0.5) is 10.1 Å². The van der Waals surface area contributed by atoms with Crippen LogP contribution >= 0.6 is 11.6 Å². The lowest BCUT2D eigenvalue weighted by Gasteiger charge is -2.42. The third kappa shape index (κ3) is 6.88. The van der Waals surface area contributed by atoms with Crippen LogP contribution in [0, 0.1) is 26.6 Å². The highest BCUT2D eigenvalue weighted by Crippen LogP contribution is 2.28. The van der Waals surface area contributed by atoms with Gasteiger partial charge in [0.2, 0.25) is 0 Å². The Bertz CT molecular complexity index is 1220. The van der Waals surface area contributed by atoms with E-state index in [4.69, 9.17) is 11.6 Å². The van der Waals surface area contributed by atoms with E-state index in [0.29, 0.717) is 35.0 Å². The number of carbonyl (C=O) groups excluding carboxylic acids is 1. The molecule has 3 aromatic rings. The van der Waals surface area contributed by atoms with Gasteiger partial charge in [-0.05, 0) is 100 Å². The maximum atomic E-state index is 13.7. The monoisotopic (exact) mass is 537 g/mol. The van der Waals surface area contributed by atoms with Gasteiger partial charge in [-0.15, -0.1) is 0 Å². The Morgan fingerprint density at radius 2 is 1.87 bits per heavy atom. The molecule has 1 N–H and O–H groups in total. The van der Waals surface area contributed by atoms with Crippen molar-refractivity contribution in [3.8, 4) is 0 Å².